The van der Waals surface area contributed by atoms with Crippen LogP contribution in [-0.4, -0.2) is 54.0 Å². The van der Waals surface area contributed by atoms with Gasteiger partial charge < -0.3 is 18.9 Å². The fraction of sp³-hybridized carbons (Fsp3) is 0.571. The number of hydrogen-bond acceptors (Lipinski definition) is 8. The van der Waals surface area contributed by atoms with Gasteiger partial charge in [0.2, 0.25) is 0 Å². The third-order valence-corrected chi connectivity index (χ3v) is 6.02. The van der Waals surface area contributed by atoms with E-state index in [4.69, 9.17) is 30.5 Å². The zero-order chi connectivity index (χ0) is 22.3. The normalized spacial score (nSPS) is 26.0. The van der Waals surface area contributed by atoms with E-state index in [1.807, 2.05) is 31.2 Å². The highest BCUT2D eigenvalue weighted by atomic mass is 35.5. The number of carbonyl (C=O) groups excluding carboxylic acids is 3. The Morgan fingerprint density at radius 3 is 2.17 bits per heavy atom. The summed E-state index contributed by atoms with van der Waals surface area (Å²) in [6.07, 6.45) is -1.21. The summed E-state index contributed by atoms with van der Waals surface area (Å²) in [6, 6.07) is 7.58. The monoisotopic (exact) mass is 458 g/mol. The summed E-state index contributed by atoms with van der Waals surface area (Å²) in [4.78, 5) is 34.5. The topological polar surface area (TPSA) is 88.1 Å². The second kappa shape index (κ2) is 11.6. The van der Waals surface area contributed by atoms with E-state index < -0.39 is 41.7 Å². The molecule has 0 bridgehead atoms. The van der Waals surface area contributed by atoms with Gasteiger partial charge >= 0.3 is 17.9 Å². The van der Waals surface area contributed by atoms with Crippen LogP contribution in [0.2, 0.25) is 5.02 Å². The Kier molecular flexibility index (Phi) is 9.45. The highest BCUT2D eigenvalue weighted by Gasteiger charge is 2.47. The molecule has 0 amide bonds. The van der Waals surface area contributed by atoms with Crippen LogP contribution in [0.3, 0.4) is 0 Å². The molecule has 0 aromatic heterocycles. The van der Waals surface area contributed by atoms with Crippen molar-refractivity contribution >= 4 is 41.3 Å². The van der Waals surface area contributed by atoms with Crippen molar-refractivity contribution in [2.24, 2.45) is 5.92 Å². The summed E-state index contributed by atoms with van der Waals surface area (Å²) in [5, 5.41) is 0.676. The van der Waals surface area contributed by atoms with Gasteiger partial charge in [-0.25, -0.2) is 0 Å². The van der Waals surface area contributed by atoms with Gasteiger partial charge in [-0.1, -0.05) is 30.7 Å². The number of benzene rings is 1. The molecular formula is C21H27ClO7S. The lowest BCUT2D eigenvalue weighted by atomic mass is 9.91. The molecule has 9 heteroatoms. The average molecular weight is 459 g/mol. The quantitative estimate of drug-likeness (QED) is 0.432. The minimum atomic E-state index is -0.709. The van der Waals surface area contributed by atoms with E-state index in [0.717, 1.165) is 12.0 Å². The first-order valence-electron chi connectivity index (χ1n) is 9.66. The van der Waals surface area contributed by atoms with Crippen LogP contribution >= 0.6 is 23.4 Å². The summed E-state index contributed by atoms with van der Waals surface area (Å²) in [6.45, 7) is 5.69. The molecule has 1 saturated heterocycles. The van der Waals surface area contributed by atoms with Gasteiger partial charge in [-0.2, -0.15) is 0 Å². The lowest BCUT2D eigenvalue weighted by Crippen LogP contribution is -2.56. The van der Waals surface area contributed by atoms with E-state index in [9.17, 15) is 14.4 Å². The number of esters is 3. The van der Waals surface area contributed by atoms with Crippen molar-refractivity contribution in [2.45, 2.75) is 57.9 Å². The molecule has 1 aromatic rings. The van der Waals surface area contributed by atoms with Gasteiger partial charge in [0.15, 0.2) is 0 Å². The van der Waals surface area contributed by atoms with Gasteiger partial charge in [0.1, 0.15) is 30.4 Å². The highest BCUT2D eigenvalue weighted by molar-refractivity contribution is 7.99. The molecule has 30 heavy (non-hydrogen) atoms. The van der Waals surface area contributed by atoms with E-state index in [-0.39, 0.29) is 12.5 Å². The van der Waals surface area contributed by atoms with Crippen LogP contribution in [0.4, 0.5) is 0 Å². The molecule has 3 unspecified atom stereocenters. The summed E-state index contributed by atoms with van der Waals surface area (Å²) in [5.74, 6) is -1.03. The Labute approximate surface area is 185 Å². The Morgan fingerprint density at radius 1 is 1.00 bits per heavy atom. The third kappa shape index (κ3) is 7.49. The lowest BCUT2D eigenvalue weighted by Gasteiger charge is -2.44. The van der Waals surface area contributed by atoms with E-state index in [1.165, 1.54) is 32.5 Å². The summed E-state index contributed by atoms with van der Waals surface area (Å²) in [7, 11) is 0. The Morgan fingerprint density at radius 2 is 1.60 bits per heavy atom. The molecule has 1 aliphatic heterocycles. The van der Waals surface area contributed by atoms with Crippen molar-refractivity contribution in [1.29, 1.82) is 0 Å². The fourth-order valence-electron chi connectivity index (χ4n) is 3.24. The van der Waals surface area contributed by atoms with Crippen LogP contribution in [0.15, 0.2) is 24.3 Å². The molecule has 0 N–H and O–H groups in total. The van der Waals surface area contributed by atoms with Crippen LogP contribution in [0.25, 0.3) is 0 Å². The fourth-order valence-corrected chi connectivity index (χ4v) is 4.67. The van der Waals surface area contributed by atoms with E-state index in [2.05, 4.69) is 0 Å². The highest BCUT2D eigenvalue weighted by Crippen LogP contribution is 2.36. The predicted octanol–water partition coefficient (Wildman–Crippen LogP) is 3.40. The van der Waals surface area contributed by atoms with Gasteiger partial charge in [0.25, 0.3) is 0 Å². The van der Waals surface area contributed by atoms with E-state index in [0.29, 0.717) is 10.8 Å². The predicted molar refractivity (Wildman–Crippen MR) is 113 cm³/mol. The van der Waals surface area contributed by atoms with Crippen LogP contribution in [0.1, 0.15) is 33.3 Å². The molecule has 5 atom stereocenters. The Bertz CT molecular complexity index is 737. The number of carbonyl (C=O) groups is 3. The van der Waals surface area contributed by atoms with Crippen molar-refractivity contribution in [3.63, 3.8) is 0 Å². The maximum atomic E-state index is 11.7. The van der Waals surface area contributed by atoms with E-state index >= 15 is 0 Å². The minimum Gasteiger partial charge on any atom is -0.463 e. The Balaban J connectivity index is 2.12. The smallest absolute Gasteiger partial charge is 0.303 e. The second-order valence-electron chi connectivity index (χ2n) is 7.10. The summed E-state index contributed by atoms with van der Waals surface area (Å²) < 4.78 is 22.2. The maximum Gasteiger partial charge on any atom is 0.303 e. The standard InChI is InChI=1S/C21H27ClO7S/c1-12-19(27-14(3)24)18(11-26-13(2)23)29-21(20(12)28-15(4)25)30-10-9-16-5-7-17(22)8-6-16/h5-8,12,18-21H,9-11H2,1-4H3/t12?,18?,19-,20?,21-/m1/s1. The molecule has 1 aliphatic rings. The number of hydrogen-bond donors (Lipinski definition) is 0. The molecule has 1 fully saturated rings. The zero-order valence-electron chi connectivity index (χ0n) is 17.5. The molecular weight excluding hydrogens is 432 g/mol. The van der Waals surface area contributed by atoms with Crippen molar-refractivity contribution in [2.75, 3.05) is 12.4 Å². The Hall–Kier alpha value is -1.77. The van der Waals surface area contributed by atoms with Gasteiger partial charge in [-0.15, -0.1) is 11.8 Å². The summed E-state index contributed by atoms with van der Waals surface area (Å²) >= 11 is 7.42. The van der Waals surface area contributed by atoms with Crippen LogP contribution in [-0.2, 0) is 39.8 Å². The molecule has 166 valence electrons. The van der Waals surface area contributed by atoms with Gasteiger partial charge in [-0.3, -0.25) is 14.4 Å². The first kappa shape index (κ1) is 24.5. The average Bonchev–Trinajstić information content (AvgIpc) is 2.66. The number of thioether (sulfide) groups is 1. The molecule has 7 nitrogen and oxygen atoms in total. The lowest BCUT2D eigenvalue weighted by molar-refractivity contribution is -0.212. The van der Waals surface area contributed by atoms with Crippen LogP contribution < -0.4 is 0 Å². The SMILES string of the molecule is CC(=O)OCC1O[C@H](SCCc2ccc(Cl)cc2)C(OC(C)=O)C(C)[C@H]1OC(C)=O. The zero-order valence-corrected chi connectivity index (χ0v) is 19.0. The van der Waals surface area contributed by atoms with Crippen molar-refractivity contribution in [3.8, 4) is 0 Å². The number of halogens is 1. The largest absolute Gasteiger partial charge is 0.463 e. The third-order valence-electron chi connectivity index (χ3n) is 4.62. The first-order valence-corrected chi connectivity index (χ1v) is 11.1. The molecule has 0 aliphatic carbocycles. The number of rotatable bonds is 8. The van der Waals surface area contributed by atoms with Gasteiger partial charge in [-0.05, 0) is 29.9 Å². The van der Waals surface area contributed by atoms with Crippen LogP contribution in [0.5, 0.6) is 0 Å². The maximum absolute atomic E-state index is 11.7. The number of aryl methyl sites for hydroxylation is 1. The molecule has 0 radical (unpaired) electrons. The van der Waals surface area contributed by atoms with Crippen molar-refractivity contribution < 1.29 is 33.3 Å². The molecule has 0 spiro atoms. The molecule has 2 rings (SSSR count). The summed E-state index contributed by atoms with van der Waals surface area (Å²) in [5.41, 5.74) is 0.623. The van der Waals surface area contributed by atoms with E-state index in [1.54, 1.807) is 0 Å². The second-order valence-corrected chi connectivity index (χ2v) is 8.74. The van der Waals surface area contributed by atoms with Crippen LogP contribution in [0, 0.1) is 5.92 Å². The minimum absolute atomic E-state index is 0.0569. The molecule has 1 aromatic carbocycles. The molecule has 1 heterocycles. The van der Waals surface area contributed by atoms with Gasteiger partial charge in [0, 0.05) is 31.7 Å². The van der Waals surface area contributed by atoms with Crippen molar-refractivity contribution in [1.82, 2.24) is 0 Å². The first-order chi connectivity index (χ1) is 14.2. The molecule has 0 saturated carbocycles. The van der Waals surface area contributed by atoms with Crippen molar-refractivity contribution in [3.05, 3.63) is 34.9 Å². The number of ether oxygens (including phenoxy) is 4. The van der Waals surface area contributed by atoms with Gasteiger partial charge in [0.05, 0.1) is 0 Å².